The molecule has 0 fully saturated rings. The quantitative estimate of drug-likeness (QED) is 0.712. The molecule has 0 aliphatic heterocycles. The molecule has 0 radical (unpaired) electrons. The van der Waals surface area contributed by atoms with Crippen LogP contribution < -0.4 is 15.4 Å². The van der Waals surface area contributed by atoms with E-state index in [4.69, 9.17) is 9.47 Å². The van der Waals surface area contributed by atoms with Crippen molar-refractivity contribution in [3.8, 4) is 5.75 Å². The first-order valence-electron chi connectivity index (χ1n) is 9.37. The summed E-state index contributed by atoms with van der Waals surface area (Å²) >= 11 is 0. The second kappa shape index (κ2) is 10.3. The Bertz CT molecular complexity index is 792. The molecule has 2 N–H and O–H groups in total. The van der Waals surface area contributed by atoms with E-state index in [0.717, 1.165) is 17.5 Å². The Morgan fingerprint density at radius 2 is 1.82 bits per heavy atom. The third-order valence-corrected chi connectivity index (χ3v) is 4.59. The van der Waals surface area contributed by atoms with Crippen molar-refractivity contribution in [2.75, 3.05) is 12.4 Å². The minimum absolute atomic E-state index is 0.0694. The van der Waals surface area contributed by atoms with Gasteiger partial charge in [-0.2, -0.15) is 0 Å². The molecule has 0 saturated heterocycles. The van der Waals surface area contributed by atoms with Crippen molar-refractivity contribution >= 4 is 17.7 Å². The first kappa shape index (κ1) is 21.3. The third kappa shape index (κ3) is 6.01. The Morgan fingerprint density at radius 3 is 2.46 bits per heavy atom. The molecular formula is C22H28N2O4. The van der Waals surface area contributed by atoms with Crippen LogP contribution in [-0.2, 0) is 16.1 Å². The Balaban J connectivity index is 2.05. The molecule has 2 amide bonds. The summed E-state index contributed by atoms with van der Waals surface area (Å²) in [5.41, 5.74) is 2.44. The summed E-state index contributed by atoms with van der Waals surface area (Å²) in [4.78, 5) is 25.1. The van der Waals surface area contributed by atoms with Gasteiger partial charge in [-0.25, -0.2) is 4.79 Å². The molecule has 0 aliphatic carbocycles. The molecule has 150 valence electrons. The van der Waals surface area contributed by atoms with Gasteiger partial charge >= 0.3 is 6.09 Å². The first-order chi connectivity index (χ1) is 13.4. The Kier molecular flexibility index (Phi) is 7.87. The Morgan fingerprint density at radius 1 is 1.11 bits per heavy atom. The lowest BCUT2D eigenvalue weighted by Gasteiger charge is -2.24. The zero-order valence-corrected chi connectivity index (χ0v) is 16.8. The molecule has 6 heteroatoms. The second-order valence-corrected chi connectivity index (χ2v) is 6.76. The average Bonchev–Trinajstić information content (AvgIpc) is 2.70. The highest BCUT2D eigenvalue weighted by molar-refractivity contribution is 5.98. The standard InChI is InChI=1S/C22H28N2O4/c1-5-16(3)20(24-22(26)28-14-17-9-7-6-8-10-17)21(25)23-18-13-15(2)11-12-19(18)27-4/h6-13,16,20H,5,14H2,1-4H3,(H,23,25)(H,24,26)/t16-,20-/m0/s1. The van der Waals surface area contributed by atoms with E-state index in [2.05, 4.69) is 10.6 Å². The van der Waals surface area contributed by atoms with Crippen LogP contribution in [0.4, 0.5) is 10.5 Å². The molecule has 2 aromatic rings. The third-order valence-electron chi connectivity index (χ3n) is 4.59. The maximum absolute atomic E-state index is 12.9. The van der Waals surface area contributed by atoms with Gasteiger partial charge < -0.3 is 20.1 Å². The molecule has 28 heavy (non-hydrogen) atoms. The van der Waals surface area contributed by atoms with E-state index in [1.54, 1.807) is 13.2 Å². The van der Waals surface area contributed by atoms with Gasteiger partial charge in [0.1, 0.15) is 18.4 Å². The van der Waals surface area contributed by atoms with Gasteiger partial charge in [0.15, 0.2) is 0 Å². The topological polar surface area (TPSA) is 76.7 Å². The molecule has 2 rings (SSSR count). The molecule has 2 atom stereocenters. The van der Waals surface area contributed by atoms with Crippen molar-refractivity contribution in [2.24, 2.45) is 5.92 Å². The largest absolute Gasteiger partial charge is 0.495 e. The molecule has 6 nitrogen and oxygen atoms in total. The summed E-state index contributed by atoms with van der Waals surface area (Å²) in [6.07, 6.45) is 0.0997. The van der Waals surface area contributed by atoms with E-state index in [9.17, 15) is 9.59 Å². The molecule has 0 saturated carbocycles. The Labute approximate surface area is 166 Å². The van der Waals surface area contributed by atoms with Crippen LogP contribution in [0, 0.1) is 12.8 Å². The summed E-state index contributed by atoms with van der Waals surface area (Å²) in [7, 11) is 1.55. The minimum Gasteiger partial charge on any atom is -0.495 e. The minimum atomic E-state index is -0.724. The fourth-order valence-corrected chi connectivity index (χ4v) is 2.72. The molecule has 0 unspecified atom stereocenters. The summed E-state index contributed by atoms with van der Waals surface area (Å²) in [6, 6.07) is 14.2. The number of amides is 2. The zero-order valence-electron chi connectivity index (χ0n) is 16.8. The SMILES string of the molecule is CC[C@H](C)[C@H](NC(=O)OCc1ccccc1)C(=O)Nc1cc(C)ccc1OC. The highest BCUT2D eigenvalue weighted by Gasteiger charge is 2.27. The van der Waals surface area contributed by atoms with Crippen LogP contribution in [0.2, 0.25) is 0 Å². The van der Waals surface area contributed by atoms with Gasteiger partial charge in [0.05, 0.1) is 12.8 Å². The predicted octanol–water partition coefficient (Wildman–Crippen LogP) is 4.28. The summed E-state index contributed by atoms with van der Waals surface area (Å²) < 4.78 is 10.6. The van der Waals surface area contributed by atoms with E-state index in [1.807, 2.05) is 63.2 Å². The van der Waals surface area contributed by atoms with Crippen molar-refractivity contribution in [1.29, 1.82) is 0 Å². The van der Waals surface area contributed by atoms with E-state index in [0.29, 0.717) is 11.4 Å². The fraction of sp³-hybridized carbons (Fsp3) is 0.364. The highest BCUT2D eigenvalue weighted by Crippen LogP contribution is 2.26. The molecule has 0 aliphatic rings. The maximum Gasteiger partial charge on any atom is 0.408 e. The Hall–Kier alpha value is -3.02. The van der Waals surface area contributed by atoms with E-state index in [1.165, 1.54) is 0 Å². The number of hydrogen-bond acceptors (Lipinski definition) is 4. The van der Waals surface area contributed by atoms with Gasteiger partial charge in [-0.3, -0.25) is 4.79 Å². The van der Waals surface area contributed by atoms with Crippen LogP contribution in [0.3, 0.4) is 0 Å². The number of rotatable bonds is 8. The normalized spacial score (nSPS) is 12.6. The van der Waals surface area contributed by atoms with Gasteiger partial charge in [-0.1, -0.05) is 56.7 Å². The first-order valence-corrected chi connectivity index (χ1v) is 9.37. The highest BCUT2D eigenvalue weighted by atomic mass is 16.5. The van der Waals surface area contributed by atoms with Crippen molar-refractivity contribution in [2.45, 2.75) is 39.8 Å². The summed E-state index contributed by atoms with van der Waals surface area (Å²) in [5.74, 6) is 0.184. The number of benzene rings is 2. The van der Waals surface area contributed by atoms with E-state index in [-0.39, 0.29) is 18.4 Å². The zero-order chi connectivity index (χ0) is 20.5. The predicted molar refractivity (Wildman–Crippen MR) is 109 cm³/mol. The smallest absolute Gasteiger partial charge is 0.408 e. The molecule has 0 bridgehead atoms. The molecule has 0 aromatic heterocycles. The van der Waals surface area contributed by atoms with Gasteiger partial charge in [-0.05, 0) is 36.1 Å². The number of methoxy groups -OCH3 is 1. The molecule has 2 aromatic carbocycles. The van der Waals surface area contributed by atoms with Gasteiger partial charge in [0.2, 0.25) is 5.91 Å². The van der Waals surface area contributed by atoms with Gasteiger partial charge in [0, 0.05) is 0 Å². The number of carbonyl (C=O) groups excluding carboxylic acids is 2. The lowest BCUT2D eigenvalue weighted by Crippen LogP contribution is -2.47. The van der Waals surface area contributed by atoms with Crippen LogP contribution in [0.1, 0.15) is 31.4 Å². The molecule has 0 heterocycles. The van der Waals surface area contributed by atoms with Gasteiger partial charge in [0.25, 0.3) is 0 Å². The van der Waals surface area contributed by atoms with E-state index < -0.39 is 12.1 Å². The fourth-order valence-electron chi connectivity index (χ4n) is 2.72. The lowest BCUT2D eigenvalue weighted by molar-refractivity contribution is -0.119. The van der Waals surface area contributed by atoms with Crippen molar-refractivity contribution in [3.63, 3.8) is 0 Å². The molecular weight excluding hydrogens is 356 g/mol. The van der Waals surface area contributed by atoms with Crippen LogP contribution in [-0.4, -0.2) is 25.2 Å². The second-order valence-electron chi connectivity index (χ2n) is 6.76. The summed E-state index contributed by atoms with van der Waals surface area (Å²) in [5, 5.41) is 5.56. The van der Waals surface area contributed by atoms with Crippen molar-refractivity contribution in [1.82, 2.24) is 5.32 Å². The number of ether oxygens (including phenoxy) is 2. The van der Waals surface area contributed by atoms with Crippen molar-refractivity contribution < 1.29 is 19.1 Å². The van der Waals surface area contributed by atoms with Gasteiger partial charge in [-0.15, -0.1) is 0 Å². The number of nitrogens with one attached hydrogen (secondary N) is 2. The number of aryl methyl sites for hydroxylation is 1. The lowest BCUT2D eigenvalue weighted by atomic mass is 9.98. The van der Waals surface area contributed by atoms with Crippen LogP contribution in [0.25, 0.3) is 0 Å². The molecule has 0 spiro atoms. The van der Waals surface area contributed by atoms with E-state index >= 15 is 0 Å². The van der Waals surface area contributed by atoms with Crippen LogP contribution >= 0.6 is 0 Å². The van der Waals surface area contributed by atoms with Crippen LogP contribution in [0.15, 0.2) is 48.5 Å². The number of hydrogen-bond donors (Lipinski definition) is 2. The average molecular weight is 384 g/mol. The summed E-state index contributed by atoms with van der Waals surface area (Å²) in [6.45, 7) is 5.96. The van der Waals surface area contributed by atoms with Crippen molar-refractivity contribution in [3.05, 3.63) is 59.7 Å². The number of carbonyl (C=O) groups is 2. The monoisotopic (exact) mass is 384 g/mol. The van der Waals surface area contributed by atoms with Crippen LogP contribution in [0.5, 0.6) is 5.75 Å². The number of anilines is 1. The number of alkyl carbamates (subject to hydrolysis) is 1. The maximum atomic E-state index is 12.9.